The summed E-state index contributed by atoms with van der Waals surface area (Å²) in [4.78, 5) is 29.5. The van der Waals surface area contributed by atoms with Gasteiger partial charge in [-0.3, -0.25) is 9.59 Å². The summed E-state index contributed by atoms with van der Waals surface area (Å²) in [5.41, 5.74) is 3.21. The molecule has 0 N–H and O–H groups in total. The number of fused-ring (bicyclic) bond motifs is 1. The standard InChI is InChI=1S/C23H26N2O3S/c1-4-28-22(27)15-25-19-12-11-18(16(2)3)14-20(19)29-23(25)24-21(26)13-10-17-8-6-5-7-9-17/h5-9,11-12,14,16H,4,10,13,15H2,1-3H3. The fourth-order valence-electron chi connectivity index (χ4n) is 3.08. The van der Waals surface area contributed by atoms with Gasteiger partial charge in [-0.25, -0.2) is 0 Å². The lowest BCUT2D eigenvalue weighted by molar-refractivity contribution is -0.143. The first-order valence-electron chi connectivity index (χ1n) is 9.88. The average molecular weight is 411 g/mol. The molecule has 6 heteroatoms. The lowest BCUT2D eigenvalue weighted by atomic mass is 10.0. The lowest BCUT2D eigenvalue weighted by Crippen LogP contribution is -2.23. The first-order chi connectivity index (χ1) is 14.0. The maximum Gasteiger partial charge on any atom is 0.326 e. The van der Waals surface area contributed by atoms with Crippen molar-refractivity contribution < 1.29 is 14.3 Å². The van der Waals surface area contributed by atoms with Crippen molar-refractivity contribution in [2.24, 2.45) is 4.99 Å². The molecule has 0 fully saturated rings. The molecule has 3 aromatic rings. The fraction of sp³-hybridized carbons (Fsp3) is 0.348. The number of esters is 1. The van der Waals surface area contributed by atoms with Gasteiger partial charge < -0.3 is 9.30 Å². The van der Waals surface area contributed by atoms with Crippen molar-refractivity contribution in [3.63, 3.8) is 0 Å². The maximum atomic E-state index is 12.5. The molecule has 0 saturated carbocycles. The Kier molecular flexibility index (Phi) is 6.99. The van der Waals surface area contributed by atoms with Crippen LogP contribution in [0.3, 0.4) is 0 Å². The number of aromatic nitrogens is 1. The second-order valence-corrected chi connectivity index (χ2v) is 8.16. The number of amides is 1. The van der Waals surface area contributed by atoms with E-state index < -0.39 is 0 Å². The van der Waals surface area contributed by atoms with Crippen LogP contribution in [0.4, 0.5) is 0 Å². The number of hydrogen-bond acceptors (Lipinski definition) is 4. The summed E-state index contributed by atoms with van der Waals surface area (Å²) in [5.74, 6) is -0.131. The number of hydrogen-bond donors (Lipinski definition) is 0. The number of benzene rings is 2. The molecule has 152 valence electrons. The quantitative estimate of drug-likeness (QED) is 0.541. The lowest BCUT2D eigenvalue weighted by Gasteiger charge is -2.07. The third kappa shape index (κ3) is 5.41. The molecule has 0 bridgehead atoms. The van der Waals surface area contributed by atoms with Crippen LogP contribution in [0.15, 0.2) is 53.5 Å². The van der Waals surface area contributed by atoms with Crippen molar-refractivity contribution in [2.75, 3.05) is 6.61 Å². The number of carbonyl (C=O) groups is 2. The number of carbonyl (C=O) groups excluding carboxylic acids is 2. The van der Waals surface area contributed by atoms with Gasteiger partial charge in [0.15, 0.2) is 4.80 Å². The van der Waals surface area contributed by atoms with Crippen LogP contribution in [0.2, 0.25) is 0 Å². The molecule has 29 heavy (non-hydrogen) atoms. The minimum Gasteiger partial charge on any atom is -0.465 e. The van der Waals surface area contributed by atoms with Crippen molar-refractivity contribution in [1.82, 2.24) is 4.57 Å². The Balaban J connectivity index is 1.93. The number of nitrogens with zero attached hydrogens (tertiary/aromatic N) is 2. The van der Waals surface area contributed by atoms with Crippen LogP contribution >= 0.6 is 11.3 Å². The SMILES string of the molecule is CCOC(=O)Cn1c(=NC(=O)CCc2ccccc2)sc2cc(C(C)C)ccc21. The van der Waals surface area contributed by atoms with Gasteiger partial charge in [-0.15, -0.1) is 0 Å². The summed E-state index contributed by atoms with van der Waals surface area (Å²) in [6.45, 7) is 6.42. The Labute approximate surface area is 174 Å². The molecule has 0 saturated heterocycles. The Morgan fingerprint density at radius 1 is 1.14 bits per heavy atom. The highest BCUT2D eigenvalue weighted by molar-refractivity contribution is 7.16. The number of ether oxygens (including phenoxy) is 1. The van der Waals surface area contributed by atoms with Crippen LogP contribution in [-0.2, 0) is 27.3 Å². The van der Waals surface area contributed by atoms with E-state index in [2.05, 4.69) is 31.0 Å². The summed E-state index contributed by atoms with van der Waals surface area (Å²) >= 11 is 1.43. The van der Waals surface area contributed by atoms with Gasteiger partial charge in [0, 0.05) is 6.42 Å². The summed E-state index contributed by atoms with van der Waals surface area (Å²) in [6.07, 6.45) is 0.971. The van der Waals surface area contributed by atoms with Crippen molar-refractivity contribution >= 4 is 33.4 Å². The average Bonchev–Trinajstić information content (AvgIpc) is 3.03. The Morgan fingerprint density at radius 3 is 2.59 bits per heavy atom. The highest BCUT2D eigenvalue weighted by atomic mass is 32.1. The van der Waals surface area contributed by atoms with Gasteiger partial charge in [0.1, 0.15) is 6.54 Å². The summed E-state index contributed by atoms with van der Waals surface area (Å²) in [7, 11) is 0. The monoisotopic (exact) mass is 410 g/mol. The van der Waals surface area contributed by atoms with Gasteiger partial charge in [0.2, 0.25) is 5.91 Å². The summed E-state index contributed by atoms with van der Waals surface area (Å²) < 4.78 is 7.90. The molecule has 0 spiro atoms. The topological polar surface area (TPSA) is 60.7 Å². The van der Waals surface area contributed by atoms with Gasteiger partial charge >= 0.3 is 5.97 Å². The van der Waals surface area contributed by atoms with Crippen LogP contribution < -0.4 is 4.80 Å². The predicted octanol–water partition coefficient (Wildman–Crippen LogP) is 4.45. The molecule has 1 amide bonds. The second-order valence-electron chi connectivity index (χ2n) is 7.15. The van der Waals surface area contributed by atoms with Crippen molar-refractivity contribution in [1.29, 1.82) is 0 Å². The Morgan fingerprint density at radius 2 is 1.90 bits per heavy atom. The molecular formula is C23H26N2O3S. The molecule has 5 nitrogen and oxygen atoms in total. The van der Waals surface area contributed by atoms with E-state index in [-0.39, 0.29) is 18.4 Å². The van der Waals surface area contributed by atoms with E-state index in [1.54, 1.807) is 11.5 Å². The highest BCUT2D eigenvalue weighted by Gasteiger charge is 2.13. The number of thiazole rings is 1. The second kappa shape index (κ2) is 9.65. The zero-order valence-corrected chi connectivity index (χ0v) is 17.9. The van der Waals surface area contributed by atoms with Gasteiger partial charge in [-0.05, 0) is 42.5 Å². The molecule has 0 aliphatic rings. The molecule has 2 aromatic carbocycles. The van der Waals surface area contributed by atoms with Crippen LogP contribution in [0.5, 0.6) is 0 Å². The molecule has 0 atom stereocenters. The van der Waals surface area contributed by atoms with Crippen LogP contribution in [-0.4, -0.2) is 23.1 Å². The van der Waals surface area contributed by atoms with Gasteiger partial charge in [0.25, 0.3) is 0 Å². The zero-order chi connectivity index (χ0) is 20.8. The normalized spacial score (nSPS) is 11.9. The van der Waals surface area contributed by atoms with E-state index in [0.717, 1.165) is 15.8 Å². The fourth-order valence-corrected chi connectivity index (χ4v) is 4.18. The minimum absolute atomic E-state index is 0.0413. The molecule has 1 aromatic heterocycles. The molecule has 1 heterocycles. The summed E-state index contributed by atoms with van der Waals surface area (Å²) in [6, 6.07) is 16.0. The minimum atomic E-state index is -0.335. The van der Waals surface area contributed by atoms with Crippen LogP contribution in [0.1, 0.15) is 44.2 Å². The molecular weight excluding hydrogens is 384 g/mol. The molecule has 0 unspecified atom stereocenters. The van der Waals surface area contributed by atoms with Crippen LogP contribution in [0.25, 0.3) is 10.2 Å². The predicted molar refractivity (Wildman–Crippen MR) is 116 cm³/mol. The third-order valence-electron chi connectivity index (χ3n) is 4.66. The van der Waals surface area contributed by atoms with Crippen molar-refractivity contribution in [2.45, 2.75) is 46.1 Å². The Hall–Kier alpha value is -2.73. The highest BCUT2D eigenvalue weighted by Crippen LogP contribution is 2.23. The first kappa shape index (κ1) is 21.0. The Bertz CT molecular complexity index is 1060. The molecule has 0 aliphatic carbocycles. The number of aryl methyl sites for hydroxylation is 1. The van der Waals surface area contributed by atoms with E-state index in [1.165, 1.54) is 16.9 Å². The zero-order valence-electron chi connectivity index (χ0n) is 17.1. The van der Waals surface area contributed by atoms with E-state index in [1.807, 2.05) is 36.4 Å². The largest absolute Gasteiger partial charge is 0.465 e. The number of rotatable bonds is 7. The van der Waals surface area contributed by atoms with Crippen molar-refractivity contribution in [3.05, 3.63) is 64.5 Å². The summed E-state index contributed by atoms with van der Waals surface area (Å²) in [5, 5.41) is 0. The van der Waals surface area contributed by atoms with E-state index in [9.17, 15) is 9.59 Å². The third-order valence-corrected chi connectivity index (χ3v) is 5.70. The molecule has 0 aliphatic heterocycles. The first-order valence-corrected chi connectivity index (χ1v) is 10.7. The van der Waals surface area contributed by atoms with E-state index in [0.29, 0.717) is 30.2 Å². The van der Waals surface area contributed by atoms with E-state index >= 15 is 0 Å². The van der Waals surface area contributed by atoms with Gasteiger partial charge in [0.05, 0.1) is 16.8 Å². The maximum absolute atomic E-state index is 12.5. The van der Waals surface area contributed by atoms with E-state index in [4.69, 9.17) is 4.74 Å². The van der Waals surface area contributed by atoms with Crippen LogP contribution in [0, 0.1) is 0 Å². The molecule has 3 rings (SSSR count). The van der Waals surface area contributed by atoms with Gasteiger partial charge in [-0.1, -0.05) is 61.6 Å². The van der Waals surface area contributed by atoms with Crippen molar-refractivity contribution in [3.8, 4) is 0 Å². The van der Waals surface area contributed by atoms with Gasteiger partial charge in [-0.2, -0.15) is 4.99 Å². The molecule has 0 radical (unpaired) electrons. The smallest absolute Gasteiger partial charge is 0.326 e.